The third-order valence-corrected chi connectivity index (χ3v) is 8.88. The molecule has 1 unspecified atom stereocenters. The number of amides is 3. The van der Waals surface area contributed by atoms with Gasteiger partial charge in [-0.2, -0.15) is 11.3 Å². The average molecular weight is 669 g/mol. The number of thiophene rings is 1. The zero-order valence-electron chi connectivity index (χ0n) is 22.7. The maximum Gasteiger partial charge on any atom is 0.272 e. The van der Waals surface area contributed by atoms with Crippen LogP contribution >= 0.6 is 39.0 Å². The Hall–Kier alpha value is -4.44. The molecule has 1 atom stereocenters. The molecule has 0 radical (unpaired) electrons. The van der Waals surface area contributed by atoms with Crippen LogP contribution in [-0.2, 0) is 9.59 Å². The largest absolute Gasteiger partial charge is 0.324 e. The third kappa shape index (κ3) is 8.32. The lowest BCUT2D eigenvalue weighted by Crippen LogP contribution is -2.30. The highest BCUT2D eigenvalue weighted by Crippen LogP contribution is 2.37. The molecule has 0 bridgehead atoms. The Morgan fingerprint density at radius 1 is 0.767 bits per heavy atom. The fourth-order valence-corrected chi connectivity index (χ4v) is 6.11. The van der Waals surface area contributed by atoms with Gasteiger partial charge in [0, 0.05) is 20.6 Å². The summed E-state index contributed by atoms with van der Waals surface area (Å²) in [7, 11) is 0. The van der Waals surface area contributed by atoms with E-state index in [1.54, 1.807) is 42.5 Å². The van der Waals surface area contributed by atoms with Gasteiger partial charge in [-0.25, -0.2) is 0 Å². The molecule has 1 heterocycles. The molecule has 214 valence electrons. The van der Waals surface area contributed by atoms with Gasteiger partial charge >= 0.3 is 0 Å². The number of hydrogen-bond donors (Lipinski definition) is 3. The molecule has 0 aliphatic rings. The lowest BCUT2D eigenvalue weighted by atomic mass is 10.1. The second-order valence-electron chi connectivity index (χ2n) is 9.29. The lowest BCUT2D eigenvalue weighted by molar-refractivity contribution is -0.116. The van der Waals surface area contributed by atoms with Gasteiger partial charge in [0.25, 0.3) is 11.8 Å². The van der Waals surface area contributed by atoms with E-state index >= 15 is 0 Å². The molecule has 5 rings (SSSR count). The van der Waals surface area contributed by atoms with Crippen molar-refractivity contribution in [1.82, 2.24) is 5.32 Å². The van der Waals surface area contributed by atoms with Crippen LogP contribution in [0.5, 0.6) is 0 Å². The molecule has 0 fully saturated rings. The Morgan fingerprint density at radius 3 is 2.12 bits per heavy atom. The van der Waals surface area contributed by atoms with E-state index in [0.29, 0.717) is 16.9 Å². The maximum absolute atomic E-state index is 13.4. The van der Waals surface area contributed by atoms with Crippen LogP contribution in [0.25, 0.3) is 6.08 Å². The van der Waals surface area contributed by atoms with Crippen molar-refractivity contribution in [3.8, 4) is 0 Å². The van der Waals surface area contributed by atoms with Crippen molar-refractivity contribution in [2.45, 2.75) is 10.1 Å². The van der Waals surface area contributed by atoms with Crippen molar-refractivity contribution in [2.75, 3.05) is 10.6 Å². The zero-order chi connectivity index (χ0) is 30.0. The van der Waals surface area contributed by atoms with Gasteiger partial charge in [-0.3, -0.25) is 14.4 Å². The minimum absolute atomic E-state index is 0.124. The molecule has 9 heteroatoms. The number of thioether (sulfide) groups is 1. The van der Waals surface area contributed by atoms with Crippen molar-refractivity contribution < 1.29 is 14.4 Å². The molecule has 5 aromatic rings. The predicted molar refractivity (Wildman–Crippen MR) is 179 cm³/mol. The second-order valence-corrected chi connectivity index (χ2v) is 12.1. The molecule has 0 aliphatic heterocycles. The number of carbonyl (C=O) groups is 3. The van der Waals surface area contributed by atoms with Crippen molar-refractivity contribution in [3.63, 3.8) is 0 Å². The fraction of sp³-hybridized carbons (Fsp3) is 0.0294. The van der Waals surface area contributed by atoms with Gasteiger partial charge < -0.3 is 16.0 Å². The molecule has 0 saturated heterocycles. The first-order chi connectivity index (χ1) is 21.0. The van der Waals surface area contributed by atoms with E-state index in [9.17, 15) is 14.4 Å². The third-order valence-electron chi connectivity index (χ3n) is 6.22. The highest BCUT2D eigenvalue weighted by atomic mass is 79.9. The zero-order valence-corrected chi connectivity index (χ0v) is 25.9. The van der Waals surface area contributed by atoms with Crippen LogP contribution in [-0.4, -0.2) is 17.7 Å². The number of rotatable bonds is 10. The molecule has 0 spiro atoms. The van der Waals surface area contributed by atoms with Crippen LogP contribution in [0.4, 0.5) is 11.4 Å². The Labute approximate surface area is 266 Å². The number of para-hydroxylation sites is 1. The Kier molecular flexibility index (Phi) is 10.2. The smallest absolute Gasteiger partial charge is 0.272 e. The van der Waals surface area contributed by atoms with E-state index in [1.807, 2.05) is 89.6 Å². The molecule has 3 amide bonds. The van der Waals surface area contributed by atoms with Crippen LogP contribution in [0, 0.1) is 0 Å². The van der Waals surface area contributed by atoms with E-state index < -0.39 is 11.2 Å². The quantitative estimate of drug-likeness (QED) is 0.103. The van der Waals surface area contributed by atoms with Crippen molar-refractivity contribution in [3.05, 3.63) is 153 Å². The summed E-state index contributed by atoms with van der Waals surface area (Å²) in [5.41, 5.74) is 3.49. The predicted octanol–water partition coefficient (Wildman–Crippen LogP) is 8.39. The summed E-state index contributed by atoms with van der Waals surface area (Å²) in [6.45, 7) is 0. The van der Waals surface area contributed by atoms with Gasteiger partial charge in [-0.15, -0.1) is 11.8 Å². The molecule has 6 nitrogen and oxygen atoms in total. The van der Waals surface area contributed by atoms with Crippen LogP contribution in [0.1, 0.15) is 26.7 Å². The first kappa shape index (κ1) is 30.0. The summed E-state index contributed by atoms with van der Waals surface area (Å²) in [6, 6.07) is 34.9. The first-order valence-electron chi connectivity index (χ1n) is 13.2. The highest BCUT2D eigenvalue weighted by Gasteiger charge is 2.23. The number of nitrogens with one attached hydrogen (secondary N) is 3. The monoisotopic (exact) mass is 667 g/mol. The molecule has 0 aliphatic carbocycles. The molecular formula is C34H26BrN3O3S2. The van der Waals surface area contributed by atoms with Gasteiger partial charge in [0.2, 0.25) is 5.91 Å². The Balaban J connectivity index is 1.31. The number of carbonyl (C=O) groups excluding carboxylic acids is 3. The number of benzene rings is 4. The van der Waals surface area contributed by atoms with Crippen molar-refractivity contribution in [1.29, 1.82) is 0 Å². The summed E-state index contributed by atoms with van der Waals surface area (Å²) in [4.78, 5) is 40.4. The minimum atomic E-state index is -0.512. The highest BCUT2D eigenvalue weighted by molar-refractivity contribution is 9.10. The van der Waals surface area contributed by atoms with Crippen LogP contribution in [0.3, 0.4) is 0 Å². The van der Waals surface area contributed by atoms with E-state index in [1.165, 1.54) is 23.1 Å². The van der Waals surface area contributed by atoms with E-state index in [-0.39, 0.29) is 17.5 Å². The molecule has 43 heavy (non-hydrogen) atoms. The summed E-state index contributed by atoms with van der Waals surface area (Å²) in [5, 5.41) is 11.9. The van der Waals surface area contributed by atoms with Crippen LogP contribution in [0.15, 0.2) is 141 Å². The Bertz CT molecular complexity index is 1730. The van der Waals surface area contributed by atoms with Gasteiger partial charge in [0.15, 0.2) is 0 Å². The maximum atomic E-state index is 13.4. The first-order valence-corrected chi connectivity index (χ1v) is 15.9. The molecular weight excluding hydrogens is 642 g/mol. The molecule has 3 N–H and O–H groups in total. The minimum Gasteiger partial charge on any atom is -0.324 e. The van der Waals surface area contributed by atoms with Crippen molar-refractivity contribution >= 4 is 74.2 Å². The van der Waals surface area contributed by atoms with Crippen LogP contribution in [0.2, 0.25) is 0 Å². The summed E-state index contributed by atoms with van der Waals surface area (Å²) >= 11 is 6.40. The van der Waals surface area contributed by atoms with E-state index in [2.05, 4.69) is 31.9 Å². The molecule has 0 saturated carbocycles. The average Bonchev–Trinajstić information content (AvgIpc) is 3.55. The topological polar surface area (TPSA) is 87.3 Å². The summed E-state index contributed by atoms with van der Waals surface area (Å²) < 4.78 is 0.799. The summed E-state index contributed by atoms with van der Waals surface area (Å²) in [5.74, 6) is -0.986. The standard InChI is InChI=1S/C34H26BrN3O3S2/c35-28-13-7-8-14-29(28)37-34(41)31(24-9-3-1-4-10-24)43-27-17-15-26(16-18-27)36-33(40)30(21-23-19-20-42-22-23)38-32(39)25-11-5-2-6-12-25/h1-22,31H,(H,36,40)(H,37,41)(H,38,39)/b30-21-. The summed E-state index contributed by atoms with van der Waals surface area (Å²) in [6.07, 6.45) is 1.64. The van der Waals surface area contributed by atoms with E-state index in [4.69, 9.17) is 0 Å². The lowest BCUT2D eigenvalue weighted by Gasteiger charge is -2.18. The van der Waals surface area contributed by atoms with E-state index in [0.717, 1.165) is 20.5 Å². The van der Waals surface area contributed by atoms with Gasteiger partial charge in [0.05, 0.1) is 5.69 Å². The van der Waals surface area contributed by atoms with Crippen molar-refractivity contribution in [2.24, 2.45) is 0 Å². The number of anilines is 2. The van der Waals surface area contributed by atoms with Gasteiger partial charge in [-0.1, -0.05) is 60.7 Å². The number of halogens is 1. The number of hydrogen-bond acceptors (Lipinski definition) is 5. The molecule has 1 aromatic heterocycles. The van der Waals surface area contributed by atoms with Crippen LogP contribution < -0.4 is 16.0 Å². The second kappa shape index (κ2) is 14.6. The molecule has 4 aromatic carbocycles. The SMILES string of the molecule is O=C(Nc1ccc(SC(C(=O)Nc2ccccc2Br)c2ccccc2)cc1)/C(=C/c1ccsc1)NC(=O)c1ccccc1. The fourth-order valence-electron chi connectivity index (χ4n) is 4.08. The Morgan fingerprint density at radius 2 is 1.44 bits per heavy atom. The normalized spacial score (nSPS) is 11.8. The van der Waals surface area contributed by atoms with Gasteiger partial charge in [-0.05, 0) is 98.5 Å². The van der Waals surface area contributed by atoms with Gasteiger partial charge in [0.1, 0.15) is 10.9 Å².